The number of fused-ring (bicyclic) bond motifs is 1. The summed E-state index contributed by atoms with van der Waals surface area (Å²) < 4.78 is 10.2. The molecule has 0 amide bonds. The number of Topliss-reactive ketones (excluding diaryl/α,β-unsaturated/α-hetero) is 1. The third-order valence-electron chi connectivity index (χ3n) is 3.71. The molecule has 0 atom stereocenters. The predicted molar refractivity (Wildman–Crippen MR) is 94.5 cm³/mol. The maximum absolute atomic E-state index is 12.6. The zero-order chi connectivity index (χ0) is 18.7. The first-order valence-electron chi connectivity index (χ1n) is 7.70. The van der Waals surface area contributed by atoms with Gasteiger partial charge in [-0.2, -0.15) is 0 Å². The molecule has 3 N–H and O–H groups in total. The maximum Gasteiger partial charge on any atom is 0.343 e. The van der Waals surface area contributed by atoms with Crippen molar-refractivity contribution in [3.63, 3.8) is 0 Å². The first-order valence-corrected chi connectivity index (χ1v) is 7.70. The first kappa shape index (κ1) is 18.3. The largest absolute Gasteiger partial charge is 0.496 e. The minimum Gasteiger partial charge on any atom is -0.496 e. The third kappa shape index (κ3) is 3.40. The standard InChI is InChI=1S/C18H20N2O5/c1-5-25-18(23)13-8-20-14-6-12(16(9(2)19)10(3)21)15(24-4)7-11(14)17(13)22/h6-8H,5,19H2,1-4H3,(H,20,22). The minimum atomic E-state index is -0.698. The number of hydrogen-bond acceptors (Lipinski definition) is 6. The molecule has 0 aliphatic rings. The highest BCUT2D eigenvalue weighted by atomic mass is 16.5. The molecule has 132 valence electrons. The Morgan fingerprint density at radius 1 is 1.20 bits per heavy atom. The second-order valence-electron chi connectivity index (χ2n) is 5.46. The predicted octanol–water partition coefficient (Wildman–Crippen LogP) is 1.99. The van der Waals surface area contributed by atoms with Crippen LogP contribution in [-0.4, -0.2) is 30.5 Å². The van der Waals surface area contributed by atoms with Gasteiger partial charge in [-0.05, 0) is 32.9 Å². The van der Waals surface area contributed by atoms with Crippen molar-refractivity contribution in [1.29, 1.82) is 0 Å². The van der Waals surface area contributed by atoms with E-state index in [1.54, 1.807) is 19.9 Å². The van der Waals surface area contributed by atoms with Crippen molar-refractivity contribution in [3.8, 4) is 5.75 Å². The topological polar surface area (TPSA) is 111 Å². The van der Waals surface area contributed by atoms with Gasteiger partial charge in [0.2, 0.25) is 5.43 Å². The van der Waals surface area contributed by atoms with Gasteiger partial charge in [0.05, 0.1) is 24.6 Å². The fourth-order valence-corrected chi connectivity index (χ4v) is 2.65. The number of aromatic nitrogens is 1. The van der Waals surface area contributed by atoms with Crippen molar-refractivity contribution in [2.45, 2.75) is 20.8 Å². The highest BCUT2D eigenvalue weighted by Crippen LogP contribution is 2.31. The molecule has 1 heterocycles. The number of carbonyl (C=O) groups excluding carboxylic acids is 2. The van der Waals surface area contributed by atoms with Gasteiger partial charge in [-0.25, -0.2) is 4.79 Å². The fourth-order valence-electron chi connectivity index (χ4n) is 2.65. The number of nitrogens with two attached hydrogens (primary N) is 1. The van der Waals surface area contributed by atoms with Gasteiger partial charge in [-0.3, -0.25) is 9.59 Å². The second-order valence-corrected chi connectivity index (χ2v) is 5.46. The van der Waals surface area contributed by atoms with Crippen LogP contribution in [-0.2, 0) is 9.53 Å². The normalized spacial score (nSPS) is 11.8. The molecule has 0 saturated heterocycles. The molecule has 2 aromatic rings. The maximum atomic E-state index is 12.6. The van der Waals surface area contributed by atoms with Crippen molar-refractivity contribution in [2.24, 2.45) is 5.73 Å². The lowest BCUT2D eigenvalue weighted by atomic mass is 9.97. The van der Waals surface area contributed by atoms with Gasteiger partial charge in [0.1, 0.15) is 11.3 Å². The van der Waals surface area contributed by atoms with E-state index >= 15 is 0 Å². The molecule has 2 rings (SSSR count). The number of methoxy groups -OCH3 is 1. The minimum absolute atomic E-state index is 0.0958. The number of H-pyrrole nitrogens is 1. The molecule has 0 aliphatic heterocycles. The number of nitrogens with one attached hydrogen (secondary N) is 1. The van der Waals surface area contributed by atoms with Gasteiger partial charge in [0.15, 0.2) is 5.78 Å². The molecule has 0 fully saturated rings. The molecule has 0 saturated carbocycles. The van der Waals surface area contributed by atoms with Crippen LogP contribution >= 0.6 is 0 Å². The summed E-state index contributed by atoms with van der Waals surface area (Å²) >= 11 is 0. The van der Waals surface area contributed by atoms with E-state index in [-0.39, 0.29) is 23.3 Å². The van der Waals surface area contributed by atoms with E-state index < -0.39 is 11.4 Å². The van der Waals surface area contributed by atoms with Crippen LogP contribution in [0.25, 0.3) is 16.5 Å². The lowest BCUT2D eigenvalue weighted by molar-refractivity contribution is -0.111. The number of benzene rings is 1. The Hall–Kier alpha value is -3.09. The Labute approximate surface area is 144 Å². The number of rotatable bonds is 5. The summed E-state index contributed by atoms with van der Waals surface area (Å²) in [6.45, 7) is 4.85. The molecule has 7 nitrogen and oxygen atoms in total. The van der Waals surface area contributed by atoms with Crippen LogP contribution in [0.3, 0.4) is 0 Å². The Bertz CT molecular complexity index is 936. The summed E-state index contributed by atoms with van der Waals surface area (Å²) in [5, 5.41) is 0.253. The molecular weight excluding hydrogens is 324 g/mol. The van der Waals surface area contributed by atoms with Gasteiger partial charge in [-0.15, -0.1) is 0 Å². The Morgan fingerprint density at radius 2 is 1.88 bits per heavy atom. The summed E-state index contributed by atoms with van der Waals surface area (Å²) in [4.78, 5) is 39.3. The smallest absolute Gasteiger partial charge is 0.343 e. The number of hydrogen-bond donors (Lipinski definition) is 2. The van der Waals surface area contributed by atoms with Crippen LogP contribution < -0.4 is 15.9 Å². The number of ketones is 1. The van der Waals surface area contributed by atoms with Crippen LogP contribution in [0, 0.1) is 0 Å². The van der Waals surface area contributed by atoms with Gasteiger partial charge in [0.25, 0.3) is 0 Å². The van der Waals surface area contributed by atoms with E-state index in [4.69, 9.17) is 15.2 Å². The highest BCUT2D eigenvalue weighted by molar-refractivity contribution is 6.21. The second kappa shape index (κ2) is 7.21. The van der Waals surface area contributed by atoms with Gasteiger partial charge >= 0.3 is 5.97 Å². The molecular formula is C18H20N2O5. The average Bonchev–Trinajstić information content (AvgIpc) is 2.54. The highest BCUT2D eigenvalue weighted by Gasteiger charge is 2.19. The lowest BCUT2D eigenvalue weighted by Crippen LogP contribution is -2.18. The quantitative estimate of drug-likeness (QED) is 0.634. The monoisotopic (exact) mass is 344 g/mol. The van der Waals surface area contributed by atoms with E-state index in [9.17, 15) is 14.4 Å². The van der Waals surface area contributed by atoms with E-state index in [0.29, 0.717) is 28.1 Å². The zero-order valence-corrected chi connectivity index (χ0v) is 14.6. The van der Waals surface area contributed by atoms with Crippen molar-refractivity contribution in [1.82, 2.24) is 4.98 Å². The van der Waals surface area contributed by atoms with Crippen LogP contribution in [0.2, 0.25) is 0 Å². The number of allylic oxidation sites excluding steroid dienone is 2. The summed E-state index contributed by atoms with van der Waals surface area (Å²) in [7, 11) is 1.43. The van der Waals surface area contributed by atoms with Crippen LogP contribution in [0.1, 0.15) is 36.7 Å². The van der Waals surface area contributed by atoms with Gasteiger partial charge < -0.3 is 20.2 Å². The number of aromatic amines is 1. The number of ether oxygens (including phenoxy) is 2. The molecule has 0 aliphatic carbocycles. The van der Waals surface area contributed by atoms with E-state index in [2.05, 4.69) is 4.98 Å². The molecule has 1 aromatic carbocycles. The van der Waals surface area contributed by atoms with Crippen molar-refractivity contribution in [2.75, 3.05) is 13.7 Å². The Balaban J connectivity index is 2.78. The molecule has 0 unspecified atom stereocenters. The number of esters is 1. The molecule has 0 spiro atoms. The lowest BCUT2D eigenvalue weighted by Gasteiger charge is -2.13. The van der Waals surface area contributed by atoms with Crippen molar-refractivity contribution >= 4 is 28.2 Å². The zero-order valence-electron chi connectivity index (χ0n) is 14.6. The Kier molecular flexibility index (Phi) is 5.26. The van der Waals surface area contributed by atoms with E-state index in [1.807, 2.05) is 0 Å². The number of carbonyl (C=O) groups is 2. The molecule has 7 heteroatoms. The molecule has 0 radical (unpaired) electrons. The van der Waals surface area contributed by atoms with Crippen LogP contribution in [0.4, 0.5) is 0 Å². The summed E-state index contributed by atoms with van der Waals surface area (Å²) in [5.41, 5.74) is 6.85. The Morgan fingerprint density at radius 3 is 2.40 bits per heavy atom. The molecule has 0 bridgehead atoms. The summed E-state index contributed by atoms with van der Waals surface area (Å²) in [6, 6.07) is 3.09. The molecule has 1 aromatic heterocycles. The number of pyridine rings is 1. The third-order valence-corrected chi connectivity index (χ3v) is 3.71. The average molecular weight is 344 g/mol. The first-order chi connectivity index (χ1) is 11.8. The van der Waals surface area contributed by atoms with Gasteiger partial charge in [-0.1, -0.05) is 0 Å². The fraction of sp³-hybridized carbons (Fsp3) is 0.278. The van der Waals surface area contributed by atoms with E-state index in [1.165, 1.54) is 26.3 Å². The van der Waals surface area contributed by atoms with Crippen LogP contribution in [0.5, 0.6) is 5.75 Å². The SMILES string of the molecule is CCOC(=O)c1c[nH]c2cc(C(C(C)=O)=C(C)N)c(OC)cc2c1=O. The van der Waals surface area contributed by atoms with E-state index in [0.717, 1.165) is 0 Å². The van der Waals surface area contributed by atoms with Crippen LogP contribution in [0.15, 0.2) is 28.8 Å². The van der Waals surface area contributed by atoms with Gasteiger partial charge in [0, 0.05) is 23.0 Å². The summed E-state index contributed by atoms with van der Waals surface area (Å²) in [6.07, 6.45) is 1.30. The summed E-state index contributed by atoms with van der Waals surface area (Å²) in [5.74, 6) is -0.604. The van der Waals surface area contributed by atoms with Crippen molar-refractivity contribution < 1.29 is 19.1 Å². The van der Waals surface area contributed by atoms with Crippen molar-refractivity contribution in [3.05, 3.63) is 45.4 Å². The molecule has 25 heavy (non-hydrogen) atoms.